The van der Waals surface area contributed by atoms with Gasteiger partial charge in [-0.25, -0.2) is 4.98 Å². The molecular formula is C12H16Cl3N3. The minimum absolute atomic E-state index is 0.282. The van der Waals surface area contributed by atoms with Crippen molar-refractivity contribution >= 4 is 40.6 Å². The van der Waals surface area contributed by atoms with Crippen molar-refractivity contribution in [1.29, 1.82) is 0 Å². The van der Waals surface area contributed by atoms with Crippen LogP contribution in [0, 0.1) is 0 Å². The molecule has 3 nitrogen and oxygen atoms in total. The first-order valence-electron chi connectivity index (χ1n) is 5.95. The van der Waals surface area contributed by atoms with Crippen LogP contribution in [0.5, 0.6) is 0 Å². The van der Waals surface area contributed by atoms with E-state index < -0.39 is 0 Å². The highest BCUT2D eigenvalue weighted by Crippen LogP contribution is 2.30. The minimum Gasteiger partial charge on any atom is -0.366 e. The molecule has 1 saturated heterocycles. The zero-order chi connectivity index (χ0) is 13.3. The Kier molecular flexibility index (Phi) is 4.59. The Morgan fingerprint density at radius 3 is 2.72 bits per heavy atom. The summed E-state index contributed by atoms with van der Waals surface area (Å²) in [6.45, 7) is 3.29. The number of rotatable bonds is 2. The van der Waals surface area contributed by atoms with Crippen LogP contribution in [0.1, 0.15) is 19.8 Å². The van der Waals surface area contributed by atoms with Crippen LogP contribution in [0.25, 0.3) is 0 Å². The number of piperidine rings is 1. The topological polar surface area (TPSA) is 28.2 Å². The highest BCUT2D eigenvalue weighted by Gasteiger charge is 2.23. The van der Waals surface area contributed by atoms with Crippen LogP contribution in [0.2, 0.25) is 15.2 Å². The van der Waals surface area contributed by atoms with E-state index in [2.05, 4.69) is 29.2 Å². The number of pyridine rings is 1. The molecule has 1 fully saturated rings. The fourth-order valence-electron chi connectivity index (χ4n) is 2.16. The van der Waals surface area contributed by atoms with Crippen molar-refractivity contribution in [3.05, 3.63) is 21.3 Å². The first-order valence-corrected chi connectivity index (χ1v) is 7.09. The summed E-state index contributed by atoms with van der Waals surface area (Å²) in [5.74, 6) is 0.618. The molecule has 6 heteroatoms. The third kappa shape index (κ3) is 3.21. The molecule has 0 aliphatic carbocycles. The number of nitrogens with one attached hydrogen (secondary N) is 1. The van der Waals surface area contributed by atoms with Gasteiger partial charge in [0.1, 0.15) is 11.0 Å². The van der Waals surface area contributed by atoms with Gasteiger partial charge < -0.3 is 10.2 Å². The average Bonchev–Trinajstić information content (AvgIpc) is 2.31. The van der Waals surface area contributed by atoms with Crippen LogP contribution in [0.4, 0.5) is 5.82 Å². The van der Waals surface area contributed by atoms with E-state index in [0.717, 1.165) is 19.4 Å². The van der Waals surface area contributed by atoms with Crippen molar-refractivity contribution < 1.29 is 0 Å². The smallest absolute Gasteiger partial charge is 0.150 e. The van der Waals surface area contributed by atoms with Gasteiger partial charge in [0.15, 0.2) is 0 Å². The van der Waals surface area contributed by atoms with Crippen LogP contribution >= 0.6 is 34.8 Å². The van der Waals surface area contributed by atoms with Gasteiger partial charge in [0, 0.05) is 18.6 Å². The van der Waals surface area contributed by atoms with Crippen LogP contribution in [0.3, 0.4) is 0 Å². The zero-order valence-electron chi connectivity index (χ0n) is 10.4. The lowest BCUT2D eigenvalue weighted by Crippen LogP contribution is -2.42. The van der Waals surface area contributed by atoms with E-state index in [1.165, 1.54) is 0 Å². The predicted octanol–water partition coefficient (Wildman–Crippen LogP) is 3.94. The first-order chi connectivity index (χ1) is 8.47. The molecule has 2 heterocycles. The maximum atomic E-state index is 6.11. The Labute approximate surface area is 122 Å². The molecule has 0 amide bonds. The molecule has 1 N–H and O–H groups in total. The molecule has 0 bridgehead atoms. The van der Waals surface area contributed by atoms with Crippen LogP contribution in [-0.2, 0) is 0 Å². The molecular weight excluding hydrogens is 293 g/mol. The fourth-order valence-corrected chi connectivity index (χ4v) is 2.71. The molecule has 0 radical (unpaired) electrons. The third-order valence-electron chi connectivity index (χ3n) is 3.44. The summed E-state index contributed by atoms with van der Waals surface area (Å²) in [4.78, 5) is 6.54. The second kappa shape index (κ2) is 5.83. The van der Waals surface area contributed by atoms with Gasteiger partial charge in [-0.1, -0.05) is 34.8 Å². The van der Waals surface area contributed by atoms with Gasteiger partial charge in [-0.2, -0.15) is 0 Å². The van der Waals surface area contributed by atoms with Crippen LogP contribution < -0.4 is 5.32 Å². The molecule has 2 atom stereocenters. The zero-order valence-corrected chi connectivity index (χ0v) is 12.6. The normalized spacial score (nSPS) is 25.2. The first kappa shape index (κ1) is 14.2. The Morgan fingerprint density at radius 1 is 1.33 bits per heavy atom. The van der Waals surface area contributed by atoms with Gasteiger partial charge in [-0.05, 0) is 32.9 Å². The van der Waals surface area contributed by atoms with Crippen molar-refractivity contribution in [3.63, 3.8) is 0 Å². The summed E-state index contributed by atoms with van der Waals surface area (Å²) in [6.07, 6.45) is 2.13. The minimum atomic E-state index is 0.282. The summed E-state index contributed by atoms with van der Waals surface area (Å²) in [5.41, 5.74) is 0. The Hall–Kier alpha value is -0.220. The summed E-state index contributed by atoms with van der Waals surface area (Å²) in [5, 5.41) is 4.53. The van der Waals surface area contributed by atoms with Gasteiger partial charge in [-0.15, -0.1) is 0 Å². The molecule has 18 heavy (non-hydrogen) atoms. The van der Waals surface area contributed by atoms with Gasteiger partial charge in [-0.3, -0.25) is 0 Å². The second-order valence-electron chi connectivity index (χ2n) is 4.79. The van der Waals surface area contributed by atoms with Gasteiger partial charge in [0.2, 0.25) is 0 Å². The molecule has 1 aliphatic heterocycles. The van der Waals surface area contributed by atoms with E-state index in [-0.39, 0.29) is 5.15 Å². The molecule has 0 spiro atoms. The monoisotopic (exact) mass is 307 g/mol. The summed E-state index contributed by atoms with van der Waals surface area (Å²) >= 11 is 17.9. The third-order valence-corrected chi connectivity index (χ3v) is 4.40. The maximum Gasteiger partial charge on any atom is 0.150 e. The average molecular weight is 309 g/mol. The molecule has 0 aromatic carbocycles. The van der Waals surface area contributed by atoms with E-state index in [1.807, 2.05) is 0 Å². The molecule has 1 aromatic rings. The molecule has 1 aromatic heterocycles. The quantitative estimate of drug-likeness (QED) is 0.839. The molecule has 1 aliphatic rings. The van der Waals surface area contributed by atoms with E-state index in [1.54, 1.807) is 6.07 Å². The maximum absolute atomic E-state index is 6.11. The fraction of sp³-hybridized carbons (Fsp3) is 0.583. The summed E-state index contributed by atoms with van der Waals surface area (Å²) in [7, 11) is 2.14. The lowest BCUT2D eigenvalue weighted by Gasteiger charge is -2.35. The highest BCUT2D eigenvalue weighted by atomic mass is 35.5. The number of hydrogen-bond acceptors (Lipinski definition) is 3. The second-order valence-corrected chi connectivity index (χ2v) is 5.96. The van der Waals surface area contributed by atoms with Crippen LogP contribution in [0.15, 0.2) is 6.07 Å². The van der Waals surface area contributed by atoms with Crippen molar-refractivity contribution in [2.75, 3.05) is 18.9 Å². The van der Waals surface area contributed by atoms with Crippen molar-refractivity contribution in [2.45, 2.75) is 31.8 Å². The standard InChI is InChI=1S/C12H16Cl3N3/c1-7-5-8(3-4-18(7)2)16-12-10(14)6-9(13)11(15)17-12/h6-8H,3-5H2,1-2H3,(H,16,17). The number of halogens is 3. The largest absolute Gasteiger partial charge is 0.366 e. The highest BCUT2D eigenvalue weighted by molar-refractivity contribution is 6.42. The molecule has 0 saturated carbocycles. The number of likely N-dealkylation sites (tertiary alicyclic amines) is 1. The Balaban J connectivity index is 2.08. The number of hydrogen-bond donors (Lipinski definition) is 1. The number of aromatic nitrogens is 1. The van der Waals surface area contributed by atoms with Crippen molar-refractivity contribution in [1.82, 2.24) is 9.88 Å². The van der Waals surface area contributed by atoms with E-state index in [9.17, 15) is 0 Å². The molecule has 2 rings (SSSR count). The molecule has 2 unspecified atom stereocenters. The summed E-state index contributed by atoms with van der Waals surface area (Å²) in [6, 6.07) is 2.55. The van der Waals surface area contributed by atoms with Gasteiger partial charge in [0.05, 0.1) is 10.0 Å². The van der Waals surface area contributed by atoms with E-state index >= 15 is 0 Å². The van der Waals surface area contributed by atoms with Crippen LogP contribution in [-0.4, -0.2) is 35.6 Å². The number of anilines is 1. The predicted molar refractivity (Wildman–Crippen MR) is 78.0 cm³/mol. The van der Waals surface area contributed by atoms with Crippen molar-refractivity contribution in [3.8, 4) is 0 Å². The lowest BCUT2D eigenvalue weighted by molar-refractivity contribution is 0.190. The lowest BCUT2D eigenvalue weighted by atomic mass is 9.99. The van der Waals surface area contributed by atoms with Gasteiger partial charge in [0.25, 0.3) is 0 Å². The van der Waals surface area contributed by atoms with Gasteiger partial charge >= 0.3 is 0 Å². The van der Waals surface area contributed by atoms with Crippen molar-refractivity contribution in [2.24, 2.45) is 0 Å². The Bertz CT molecular complexity index is 439. The summed E-state index contributed by atoms with van der Waals surface area (Å²) < 4.78 is 0. The SMILES string of the molecule is CC1CC(Nc2nc(Cl)c(Cl)cc2Cl)CCN1C. The van der Waals surface area contributed by atoms with E-state index in [4.69, 9.17) is 34.8 Å². The Morgan fingerprint density at radius 2 is 2.06 bits per heavy atom. The molecule has 100 valence electrons. The van der Waals surface area contributed by atoms with E-state index in [0.29, 0.717) is 27.9 Å². The number of nitrogens with zero attached hydrogens (tertiary/aromatic N) is 2.